The second-order valence-corrected chi connectivity index (χ2v) is 7.97. The molecule has 2 saturated heterocycles. The van der Waals surface area contributed by atoms with Crippen molar-refractivity contribution in [2.24, 2.45) is 11.3 Å². The Morgan fingerprint density at radius 1 is 1.04 bits per heavy atom. The van der Waals surface area contributed by atoms with Gasteiger partial charge in [-0.25, -0.2) is 0 Å². The highest BCUT2D eigenvalue weighted by Gasteiger charge is 2.52. The SMILES string of the molecule is O=C(Cc1ccccc1)N1CC[C@]2(CCC[C@H]2C(=O)N2CCOCC2)C1. The number of nitrogens with zero attached hydrogens (tertiary/aromatic N) is 2. The minimum absolute atomic E-state index is 0.00172. The summed E-state index contributed by atoms with van der Waals surface area (Å²) >= 11 is 0. The molecule has 2 heterocycles. The van der Waals surface area contributed by atoms with Crippen molar-refractivity contribution >= 4 is 11.8 Å². The van der Waals surface area contributed by atoms with Crippen LogP contribution in [0.1, 0.15) is 31.2 Å². The number of rotatable bonds is 3. The number of carbonyl (C=O) groups excluding carboxylic acids is 2. The van der Waals surface area contributed by atoms with E-state index in [4.69, 9.17) is 4.74 Å². The van der Waals surface area contributed by atoms with Crippen LogP contribution in [0.2, 0.25) is 0 Å². The molecular formula is C21H28N2O3. The van der Waals surface area contributed by atoms with Gasteiger partial charge in [-0.2, -0.15) is 0 Å². The number of ether oxygens (including phenoxy) is 1. The molecule has 0 bridgehead atoms. The molecule has 5 heteroatoms. The fraction of sp³-hybridized carbons (Fsp3) is 0.619. The van der Waals surface area contributed by atoms with Crippen molar-refractivity contribution in [1.82, 2.24) is 9.80 Å². The Hall–Kier alpha value is -1.88. The molecule has 0 N–H and O–H groups in total. The van der Waals surface area contributed by atoms with E-state index in [9.17, 15) is 9.59 Å². The number of benzene rings is 1. The summed E-state index contributed by atoms with van der Waals surface area (Å²) in [7, 11) is 0. The zero-order valence-electron chi connectivity index (χ0n) is 15.4. The van der Waals surface area contributed by atoms with Crippen molar-refractivity contribution in [2.75, 3.05) is 39.4 Å². The van der Waals surface area contributed by atoms with Crippen LogP contribution in [0.3, 0.4) is 0 Å². The molecule has 1 aromatic rings. The first-order valence-corrected chi connectivity index (χ1v) is 9.86. The molecule has 2 aliphatic heterocycles. The zero-order chi connectivity index (χ0) is 18.0. The molecule has 4 rings (SSSR count). The zero-order valence-corrected chi connectivity index (χ0v) is 15.4. The van der Waals surface area contributed by atoms with Crippen LogP contribution in [0.15, 0.2) is 30.3 Å². The lowest BCUT2D eigenvalue weighted by molar-refractivity contribution is -0.143. The van der Waals surface area contributed by atoms with Gasteiger partial charge in [0.2, 0.25) is 11.8 Å². The van der Waals surface area contributed by atoms with E-state index < -0.39 is 0 Å². The Morgan fingerprint density at radius 2 is 1.81 bits per heavy atom. The highest BCUT2D eigenvalue weighted by molar-refractivity contribution is 5.82. The maximum Gasteiger partial charge on any atom is 0.227 e. The van der Waals surface area contributed by atoms with Crippen molar-refractivity contribution in [2.45, 2.75) is 32.1 Å². The van der Waals surface area contributed by atoms with E-state index in [0.717, 1.165) is 44.3 Å². The molecule has 2 atom stereocenters. The summed E-state index contributed by atoms with van der Waals surface area (Å²) in [5.74, 6) is 0.566. The van der Waals surface area contributed by atoms with Crippen LogP contribution in [0.5, 0.6) is 0 Å². The lowest BCUT2D eigenvalue weighted by atomic mass is 9.76. The smallest absolute Gasteiger partial charge is 0.227 e. The van der Waals surface area contributed by atoms with E-state index in [-0.39, 0.29) is 17.2 Å². The minimum Gasteiger partial charge on any atom is -0.378 e. The van der Waals surface area contributed by atoms with Gasteiger partial charge in [-0.05, 0) is 24.8 Å². The second-order valence-electron chi connectivity index (χ2n) is 7.97. The molecule has 5 nitrogen and oxygen atoms in total. The third kappa shape index (κ3) is 3.37. The van der Waals surface area contributed by atoms with Gasteiger partial charge in [0, 0.05) is 37.5 Å². The van der Waals surface area contributed by atoms with Crippen LogP contribution in [0.4, 0.5) is 0 Å². The molecule has 0 radical (unpaired) electrons. The summed E-state index contributed by atoms with van der Waals surface area (Å²) in [6.07, 6.45) is 4.56. The third-order valence-electron chi connectivity index (χ3n) is 6.46. The van der Waals surface area contributed by atoms with Gasteiger partial charge in [-0.1, -0.05) is 36.8 Å². The summed E-state index contributed by atoms with van der Waals surface area (Å²) < 4.78 is 5.39. The van der Waals surface area contributed by atoms with Crippen molar-refractivity contribution in [3.8, 4) is 0 Å². The van der Waals surface area contributed by atoms with Gasteiger partial charge in [0.15, 0.2) is 0 Å². The standard InChI is InChI=1S/C21H28N2O3/c24-19(15-17-5-2-1-3-6-17)23-10-9-21(16-23)8-4-7-18(21)20(25)22-11-13-26-14-12-22/h1-3,5-6,18H,4,7-16H2/t18-,21+/m0/s1. The van der Waals surface area contributed by atoms with Crippen LogP contribution < -0.4 is 0 Å². The average Bonchev–Trinajstić information content (AvgIpc) is 3.30. The van der Waals surface area contributed by atoms with Gasteiger partial charge < -0.3 is 14.5 Å². The van der Waals surface area contributed by atoms with Crippen molar-refractivity contribution < 1.29 is 14.3 Å². The fourth-order valence-electron chi connectivity index (χ4n) is 5.01. The lowest BCUT2D eigenvalue weighted by Gasteiger charge is -2.36. The predicted octanol–water partition coefficient (Wildman–Crippen LogP) is 2.11. The summed E-state index contributed by atoms with van der Waals surface area (Å²) in [4.78, 5) is 29.8. The molecule has 1 spiro atoms. The maximum atomic E-state index is 13.1. The van der Waals surface area contributed by atoms with E-state index in [1.807, 2.05) is 40.1 Å². The number of morpholine rings is 1. The Balaban J connectivity index is 1.42. The van der Waals surface area contributed by atoms with Crippen molar-refractivity contribution in [1.29, 1.82) is 0 Å². The van der Waals surface area contributed by atoms with Crippen LogP contribution in [-0.4, -0.2) is 61.0 Å². The number of amides is 2. The Bertz CT molecular complexity index is 656. The van der Waals surface area contributed by atoms with E-state index in [0.29, 0.717) is 38.6 Å². The number of carbonyl (C=O) groups is 2. The normalized spacial score (nSPS) is 28.7. The van der Waals surface area contributed by atoms with Crippen LogP contribution in [0, 0.1) is 11.3 Å². The van der Waals surface area contributed by atoms with Gasteiger partial charge in [0.05, 0.1) is 19.6 Å². The first-order chi connectivity index (χ1) is 12.7. The summed E-state index contributed by atoms with van der Waals surface area (Å²) in [5.41, 5.74) is 1.06. The average molecular weight is 356 g/mol. The van der Waals surface area contributed by atoms with Gasteiger partial charge >= 0.3 is 0 Å². The molecule has 0 aromatic heterocycles. The van der Waals surface area contributed by atoms with Gasteiger partial charge in [0.25, 0.3) is 0 Å². The Morgan fingerprint density at radius 3 is 2.58 bits per heavy atom. The largest absolute Gasteiger partial charge is 0.378 e. The minimum atomic E-state index is 0.00172. The molecule has 3 fully saturated rings. The molecular weight excluding hydrogens is 328 g/mol. The highest BCUT2D eigenvalue weighted by atomic mass is 16.5. The quantitative estimate of drug-likeness (QED) is 0.833. The predicted molar refractivity (Wildman–Crippen MR) is 98.5 cm³/mol. The lowest BCUT2D eigenvalue weighted by Crippen LogP contribution is -2.47. The molecule has 2 amide bonds. The fourth-order valence-corrected chi connectivity index (χ4v) is 5.01. The van der Waals surface area contributed by atoms with E-state index in [2.05, 4.69) is 0 Å². The van der Waals surface area contributed by atoms with E-state index in [1.54, 1.807) is 0 Å². The summed E-state index contributed by atoms with van der Waals surface area (Å²) in [5, 5.41) is 0. The number of likely N-dealkylation sites (tertiary alicyclic amines) is 1. The monoisotopic (exact) mass is 356 g/mol. The highest BCUT2D eigenvalue weighted by Crippen LogP contribution is 2.50. The number of hydrogen-bond acceptors (Lipinski definition) is 3. The molecule has 140 valence electrons. The van der Waals surface area contributed by atoms with E-state index >= 15 is 0 Å². The topological polar surface area (TPSA) is 49.9 Å². The van der Waals surface area contributed by atoms with Crippen LogP contribution >= 0.6 is 0 Å². The molecule has 1 aliphatic carbocycles. The number of hydrogen-bond donors (Lipinski definition) is 0. The molecule has 1 saturated carbocycles. The van der Waals surface area contributed by atoms with Crippen LogP contribution in [-0.2, 0) is 20.7 Å². The van der Waals surface area contributed by atoms with Gasteiger partial charge in [-0.3, -0.25) is 9.59 Å². The third-order valence-corrected chi connectivity index (χ3v) is 6.46. The molecule has 1 aromatic carbocycles. The van der Waals surface area contributed by atoms with Gasteiger partial charge in [-0.15, -0.1) is 0 Å². The summed E-state index contributed by atoms with van der Waals surface area (Å²) in [6.45, 7) is 4.25. The summed E-state index contributed by atoms with van der Waals surface area (Å²) in [6, 6.07) is 9.93. The van der Waals surface area contributed by atoms with Crippen molar-refractivity contribution in [3.05, 3.63) is 35.9 Å². The molecule has 26 heavy (non-hydrogen) atoms. The van der Waals surface area contributed by atoms with Crippen molar-refractivity contribution in [3.63, 3.8) is 0 Å². The Kier molecular flexibility index (Phi) is 4.98. The van der Waals surface area contributed by atoms with Crippen LogP contribution in [0.25, 0.3) is 0 Å². The van der Waals surface area contributed by atoms with Gasteiger partial charge in [0.1, 0.15) is 0 Å². The Labute approximate surface area is 155 Å². The molecule has 3 aliphatic rings. The second kappa shape index (κ2) is 7.39. The van der Waals surface area contributed by atoms with E-state index in [1.165, 1.54) is 0 Å². The molecule has 0 unspecified atom stereocenters. The first kappa shape index (κ1) is 17.5. The first-order valence-electron chi connectivity index (χ1n) is 9.86. The maximum absolute atomic E-state index is 13.1.